The Morgan fingerprint density at radius 2 is 1.71 bits per heavy atom. The van der Waals surface area contributed by atoms with Crippen LogP contribution in [0.2, 0.25) is 20.1 Å². The molecule has 0 saturated carbocycles. The van der Waals surface area contributed by atoms with Gasteiger partial charge in [-0.05, 0) is 36.4 Å². The first-order chi connectivity index (χ1) is 16.9. The zero-order chi connectivity index (χ0) is 24.5. The van der Waals surface area contributed by atoms with Crippen LogP contribution in [0.1, 0.15) is 15.2 Å². The van der Waals surface area contributed by atoms with Crippen molar-refractivity contribution < 1.29 is 4.79 Å². The highest BCUT2D eigenvalue weighted by Crippen LogP contribution is 2.41. The molecule has 0 aliphatic rings. The van der Waals surface area contributed by atoms with Crippen molar-refractivity contribution >= 4 is 79.9 Å². The Labute approximate surface area is 224 Å². The summed E-state index contributed by atoms with van der Waals surface area (Å²) in [5, 5.41) is 11.2. The molecular formula is C25H14Cl4N4OS. The smallest absolute Gasteiger partial charge is 0.266 e. The molecule has 0 spiro atoms. The fourth-order valence-corrected chi connectivity index (χ4v) is 5.89. The van der Waals surface area contributed by atoms with Gasteiger partial charge in [-0.1, -0.05) is 76.7 Å². The van der Waals surface area contributed by atoms with E-state index < -0.39 is 5.91 Å². The predicted octanol–water partition coefficient (Wildman–Crippen LogP) is 8.13. The second-order valence-electron chi connectivity index (χ2n) is 7.43. The van der Waals surface area contributed by atoms with E-state index in [-0.39, 0.29) is 5.02 Å². The molecule has 35 heavy (non-hydrogen) atoms. The maximum Gasteiger partial charge on any atom is 0.283 e. The van der Waals surface area contributed by atoms with E-state index in [0.29, 0.717) is 36.6 Å². The molecule has 174 valence electrons. The molecule has 0 saturated heterocycles. The van der Waals surface area contributed by atoms with Crippen LogP contribution in [-0.2, 0) is 0 Å². The number of benzene rings is 3. The predicted molar refractivity (Wildman–Crippen MR) is 146 cm³/mol. The summed E-state index contributed by atoms with van der Waals surface area (Å²) in [6.07, 6.45) is 3.38. The van der Waals surface area contributed by atoms with Crippen molar-refractivity contribution in [3.63, 3.8) is 0 Å². The van der Waals surface area contributed by atoms with Crippen molar-refractivity contribution in [2.24, 2.45) is 5.10 Å². The van der Waals surface area contributed by atoms with Crippen LogP contribution in [0.3, 0.4) is 0 Å². The Morgan fingerprint density at radius 1 is 0.971 bits per heavy atom. The van der Waals surface area contributed by atoms with Gasteiger partial charge in [0.25, 0.3) is 5.91 Å². The monoisotopic (exact) mass is 558 g/mol. The third-order valence-corrected chi connectivity index (χ3v) is 7.50. The van der Waals surface area contributed by atoms with Gasteiger partial charge in [-0.15, -0.1) is 11.3 Å². The average molecular weight is 560 g/mol. The van der Waals surface area contributed by atoms with E-state index in [1.54, 1.807) is 35.2 Å². The largest absolute Gasteiger partial charge is 0.283 e. The Balaban J connectivity index is 1.45. The van der Waals surface area contributed by atoms with Crippen LogP contribution < -0.4 is 5.43 Å². The van der Waals surface area contributed by atoms with Gasteiger partial charge in [0.05, 0.1) is 21.9 Å². The molecular weight excluding hydrogens is 546 g/mol. The van der Waals surface area contributed by atoms with Gasteiger partial charge in [-0.25, -0.2) is 10.1 Å². The van der Waals surface area contributed by atoms with E-state index >= 15 is 0 Å². The van der Waals surface area contributed by atoms with Gasteiger partial charge in [-0.3, -0.25) is 4.79 Å². The number of nitrogens with one attached hydrogen (secondary N) is 1. The van der Waals surface area contributed by atoms with Gasteiger partial charge in [0.2, 0.25) is 0 Å². The summed E-state index contributed by atoms with van der Waals surface area (Å²) in [5.41, 5.74) is 5.68. The zero-order valence-electron chi connectivity index (χ0n) is 17.7. The minimum atomic E-state index is -0.455. The topological polar surface area (TPSA) is 59.3 Å². The number of hydrazone groups is 1. The molecule has 0 bridgehead atoms. The molecule has 5 rings (SSSR count). The van der Waals surface area contributed by atoms with Crippen LogP contribution in [0, 0.1) is 0 Å². The molecule has 1 N–H and O–H groups in total. The number of aromatic nitrogens is 2. The maximum absolute atomic E-state index is 12.8. The Bertz CT molecular complexity index is 1580. The van der Waals surface area contributed by atoms with Gasteiger partial charge >= 0.3 is 0 Å². The van der Waals surface area contributed by atoms with Crippen molar-refractivity contribution in [3.05, 3.63) is 103 Å². The van der Waals surface area contributed by atoms with Crippen molar-refractivity contribution in [2.75, 3.05) is 0 Å². The molecule has 5 aromatic rings. The first-order valence-electron chi connectivity index (χ1n) is 10.2. The molecule has 1 amide bonds. The zero-order valence-corrected chi connectivity index (χ0v) is 21.5. The highest BCUT2D eigenvalue weighted by atomic mass is 35.5. The van der Waals surface area contributed by atoms with Crippen molar-refractivity contribution in [3.8, 4) is 16.9 Å². The first kappa shape index (κ1) is 23.9. The van der Waals surface area contributed by atoms with Crippen LogP contribution in [0.15, 0.2) is 78.0 Å². The molecule has 0 aliphatic carbocycles. The second kappa shape index (κ2) is 10.0. The standard InChI is InChI=1S/C25H14Cl4N4OS/c26-16-8-6-14(7-9-16)23-15(13-33(32-23)18-4-2-1-3-5-18)12-30-31-25(34)24-22(29)21-19(28)10-17(27)11-20(21)35-24/h1-13H,(H,31,34)/b30-12+. The molecule has 2 heterocycles. The Kier molecular flexibility index (Phi) is 6.82. The van der Waals surface area contributed by atoms with Crippen molar-refractivity contribution in [1.82, 2.24) is 15.2 Å². The maximum atomic E-state index is 12.8. The number of hydrogen-bond donors (Lipinski definition) is 1. The van der Waals surface area contributed by atoms with Crippen molar-refractivity contribution in [2.45, 2.75) is 0 Å². The number of amides is 1. The summed E-state index contributed by atoms with van der Waals surface area (Å²) in [6.45, 7) is 0. The van der Waals surface area contributed by atoms with E-state index in [9.17, 15) is 4.79 Å². The van der Waals surface area contributed by atoms with E-state index in [2.05, 4.69) is 10.5 Å². The summed E-state index contributed by atoms with van der Waals surface area (Å²) in [4.78, 5) is 13.1. The lowest BCUT2D eigenvalue weighted by Crippen LogP contribution is -2.16. The minimum Gasteiger partial charge on any atom is -0.266 e. The summed E-state index contributed by atoms with van der Waals surface area (Å²) in [7, 11) is 0. The van der Waals surface area contributed by atoms with E-state index in [4.69, 9.17) is 51.5 Å². The molecule has 0 atom stereocenters. The lowest BCUT2D eigenvalue weighted by molar-refractivity contribution is 0.0959. The molecule has 5 nitrogen and oxygen atoms in total. The Morgan fingerprint density at radius 3 is 2.46 bits per heavy atom. The first-order valence-corrected chi connectivity index (χ1v) is 12.5. The van der Waals surface area contributed by atoms with Gasteiger partial charge in [0.15, 0.2) is 0 Å². The summed E-state index contributed by atoms with van der Waals surface area (Å²) in [6, 6.07) is 20.3. The van der Waals surface area contributed by atoms with Gasteiger partial charge in [0, 0.05) is 37.5 Å². The lowest BCUT2D eigenvalue weighted by atomic mass is 10.1. The molecule has 2 aromatic heterocycles. The molecule has 3 aromatic carbocycles. The van der Waals surface area contributed by atoms with Gasteiger partial charge in [-0.2, -0.15) is 10.2 Å². The number of fused-ring (bicyclic) bond motifs is 1. The number of para-hydroxylation sites is 1. The van der Waals surface area contributed by atoms with Gasteiger partial charge < -0.3 is 0 Å². The third kappa shape index (κ3) is 4.94. The van der Waals surface area contributed by atoms with Crippen molar-refractivity contribution in [1.29, 1.82) is 0 Å². The SMILES string of the molecule is O=C(N/N=C/c1cn(-c2ccccc2)nc1-c1ccc(Cl)cc1)c1sc2cc(Cl)cc(Cl)c2c1Cl. The highest BCUT2D eigenvalue weighted by Gasteiger charge is 2.19. The van der Waals surface area contributed by atoms with E-state index in [0.717, 1.165) is 16.0 Å². The number of carbonyl (C=O) groups is 1. The number of carbonyl (C=O) groups excluding carboxylic acids is 1. The van der Waals surface area contributed by atoms with Crippen LogP contribution in [0.5, 0.6) is 0 Å². The highest BCUT2D eigenvalue weighted by molar-refractivity contribution is 7.21. The fraction of sp³-hybridized carbons (Fsp3) is 0. The summed E-state index contributed by atoms with van der Waals surface area (Å²) in [5.74, 6) is -0.455. The Hall–Kier alpha value is -2.87. The molecule has 0 radical (unpaired) electrons. The summed E-state index contributed by atoms with van der Waals surface area (Å²) < 4.78 is 2.47. The number of thiophene rings is 1. The molecule has 0 aliphatic heterocycles. The third-order valence-electron chi connectivity index (χ3n) is 5.11. The molecule has 0 fully saturated rings. The van der Waals surface area contributed by atoms with Gasteiger partial charge in [0.1, 0.15) is 10.6 Å². The summed E-state index contributed by atoms with van der Waals surface area (Å²) >= 11 is 26.0. The number of halogens is 4. The normalized spacial score (nSPS) is 11.4. The van der Waals surface area contributed by atoms with Crippen LogP contribution in [-0.4, -0.2) is 21.9 Å². The van der Waals surface area contributed by atoms with Crippen LogP contribution >= 0.6 is 57.7 Å². The molecule has 0 unspecified atom stereocenters. The average Bonchev–Trinajstić information content (AvgIpc) is 3.41. The quantitative estimate of drug-likeness (QED) is 0.174. The number of rotatable bonds is 5. The van der Waals surface area contributed by atoms with E-state index in [1.165, 1.54) is 11.3 Å². The van der Waals surface area contributed by atoms with Crippen LogP contribution in [0.25, 0.3) is 27.0 Å². The van der Waals surface area contributed by atoms with E-state index in [1.807, 2.05) is 48.7 Å². The number of hydrogen-bond acceptors (Lipinski definition) is 4. The molecule has 10 heteroatoms. The number of nitrogens with zero attached hydrogens (tertiary/aromatic N) is 3. The fourth-order valence-electron chi connectivity index (χ4n) is 3.50. The van der Waals surface area contributed by atoms with Crippen LogP contribution in [0.4, 0.5) is 0 Å². The lowest BCUT2D eigenvalue weighted by Gasteiger charge is -2.01. The minimum absolute atomic E-state index is 0.262. The second-order valence-corrected chi connectivity index (χ2v) is 10.1.